The molecule has 3 N–H and O–H groups in total. The van der Waals surface area contributed by atoms with Crippen LogP contribution in [0.5, 0.6) is 0 Å². The van der Waals surface area contributed by atoms with Crippen molar-refractivity contribution >= 4 is 17.6 Å². The van der Waals surface area contributed by atoms with Crippen molar-refractivity contribution in [2.45, 2.75) is 56.4 Å². The minimum Gasteiger partial charge on any atom is -0.364 e. The Balaban J connectivity index is 1.50. The highest BCUT2D eigenvalue weighted by molar-refractivity contribution is 5.91. The number of hydrogen-bond acceptors (Lipinski definition) is 7. The number of imidazole rings is 1. The zero-order chi connectivity index (χ0) is 26.5. The Labute approximate surface area is 207 Å². The van der Waals surface area contributed by atoms with Gasteiger partial charge in [-0.2, -0.15) is 5.10 Å². The third-order valence-corrected chi connectivity index (χ3v) is 7.06. The predicted molar refractivity (Wildman–Crippen MR) is 118 cm³/mol. The number of carbonyl (C=O) groups is 2. The lowest BCUT2D eigenvalue weighted by molar-refractivity contribution is -0.0476. The summed E-state index contributed by atoms with van der Waals surface area (Å²) in [7, 11) is 0. The van der Waals surface area contributed by atoms with Crippen molar-refractivity contribution in [3.05, 3.63) is 41.1 Å². The number of hydrogen-bond donors (Lipinski definition) is 2. The third-order valence-electron chi connectivity index (χ3n) is 7.06. The number of rotatable bonds is 6. The number of alkyl halides is 4. The second kappa shape index (κ2) is 8.95. The van der Waals surface area contributed by atoms with E-state index in [2.05, 4.69) is 25.7 Å². The van der Waals surface area contributed by atoms with Crippen LogP contribution in [0.25, 0.3) is 5.65 Å². The number of fused-ring (bicyclic) bond motifs is 1. The van der Waals surface area contributed by atoms with E-state index in [0.717, 1.165) is 4.90 Å². The first-order chi connectivity index (χ1) is 17.4. The molecule has 3 amide bonds. The lowest BCUT2D eigenvalue weighted by Crippen LogP contribution is -2.57. The normalized spacial score (nSPS) is 21.5. The van der Waals surface area contributed by atoms with E-state index in [1.54, 1.807) is 19.2 Å². The second-order valence-corrected chi connectivity index (χ2v) is 9.61. The Morgan fingerprint density at radius 3 is 2.65 bits per heavy atom. The van der Waals surface area contributed by atoms with Crippen molar-refractivity contribution in [1.29, 1.82) is 0 Å². The fourth-order valence-corrected chi connectivity index (χ4v) is 5.04. The number of aromatic nitrogens is 5. The van der Waals surface area contributed by atoms with E-state index in [1.165, 1.54) is 10.7 Å². The maximum atomic E-state index is 13.9. The molecular formula is C22H24F4N8O3. The number of nitrogens with zero attached hydrogens (tertiary/aromatic N) is 6. The molecule has 2 fully saturated rings. The molecule has 11 nitrogen and oxygen atoms in total. The monoisotopic (exact) mass is 524 g/mol. The number of primary amides is 1. The Morgan fingerprint density at radius 2 is 1.95 bits per heavy atom. The first-order valence-electron chi connectivity index (χ1n) is 11.7. The van der Waals surface area contributed by atoms with Crippen molar-refractivity contribution in [1.82, 2.24) is 35.1 Å². The molecule has 2 atom stereocenters. The predicted octanol–water partition coefficient (Wildman–Crippen LogP) is 2.89. The number of halogens is 4. The molecule has 5 rings (SSSR count). The van der Waals surface area contributed by atoms with Crippen LogP contribution in [0.2, 0.25) is 0 Å². The molecular weight excluding hydrogens is 500 g/mol. The van der Waals surface area contributed by atoms with Crippen LogP contribution < -0.4 is 11.1 Å². The number of amides is 3. The first kappa shape index (κ1) is 24.9. The topological polar surface area (TPSA) is 145 Å². The summed E-state index contributed by atoms with van der Waals surface area (Å²) in [5, 5.41) is 13.9. The minimum absolute atomic E-state index is 0.104. The van der Waals surface area contributed by atoms with Gasteiger partial charge in [0, 0.05) is 12.8 Å². The SMILES string of the molecule is C[C@H](c1cnn2cc([C@@H](c3nonc3C(N)=O)C3CCC(F)(F)CC3)nc2c1)N1CC(F)(F)CNC1=O. The van der Waals surface area contributed by atoms with E-state index in [4.69, 9.17) is 10.4 Å². The average Bonchev–Trinajstić information content (AvgIpc) is 3.48. The Bertz CT molecular complexity index is 1330. The van der Waals surface area contributed by atoms with Gasteiger partial charge in [-0.1, -0.05) is 5.16 Å². The maximum Gasteiger partial charge on any atom is 0.318 e. The lowest BCUT2D eigenvalue weighted by Gasteiger charge is -2.36. The quantitative estimate of drug-likeness (QED) is 0.472. The molecule has 198 valence electrons. The largest absolute Gasteiger partial charge is 0.364 e. The van der Waals surface area contributed by atoms with Crippen molar-refractivity contribution in [2.75, 3.05) is 13.1 Å². The van der Waals surface area contributed by atoms with Crippen LogP contribution in [0, 0.1) is 5.92 Å². The van der Waals surface area contributed by atoms with Crippen LogP contribution in [-0.4, -0.2) is 66.7 Å². The van der Waals surface area contributed by atoms with Crippen LogP contribution in [0.1, 0.15) is 72.0 Å². The first-order valence-corrected chi connectivity index (χ1v) is 11.7. The van der Waals surface area contributed by atoms with Crippen molar-refractivity contribution < 1.29 is 31.8 Å². The van der Waals surface area contributed by atoms with Gasteiger partial charge in [0.25, 0.3) is 11.8 Å². The molecule has 15 heteroatoms. The summed E-state index contributed by atoms with van der Waals surface area (Å²) in [6, 6.07) is 0.249. The smallest absolute Gasteiger partial charge is 0.318 e. The lowest BCUT2D eigenvalue weighted by atomic mass is 9.75. The highest BCUT2D eigenvalue weighted by atomic mass is 19.3. The molecule has 0 bridgehead atoms. The van der Waals surface area contributed by atoms with E-state index in [9.17, 15) is 27.2 Å². The molecule has 0 spiro atoms. The highest BCUT2D eigenvalue weighted by Crippen LogP contribution is 2.45. The molecule has 0 aromatic carbocycles. The van der Waals surface area contributed by atoms with Crippen LogP contribution in [-0.2, 0) is 0 Å². The van der Waals surface area contributed by atoms with Gasteiger partial charge in [0.05, 0.1) is 43.1 Å². The number of nitrogens with two attached hydrogens (primary N) is 1. The van der Waals surface area contributed by atoms with E-state index in [1.807, 2.05) is 0 Å². The summed E-state index contributed by atoms with van der Waals surface area (Å²) in [6.45, 7) is 0.131. The van der Waals surface area contributed by atoms with Crippen molar-refractivity contribution in [3.8, 4) is 0 Å². The minimum atomic E-state index is -3.08. The molecule has 1 saturated carbocycles. The van der Waals surface area contributed by atoms with Crippen LogP contribution >= 0.6 is 0 Å². The Hall–Kier alpha value is -3.78. The Morgan fingerprint density at radius 1 is 1.22 bits per heavy atom. The van der Waals surface area contributed by atoms with Gasteiger partial charge in [-0.15, -0.1) is 0 Å². The van der Waals surface area contributed by atoms with Crippen LogP contribution in [0.15, 0.2) is 23.1 Å². The summed E-state index contributed by atoms with van der Waals surface area (Å²) in [4.78, 5) is 29.8. The number of nitrogens with one attached hydrogen (secondary N) is 1. The maximum absolute atomic E-state index is 13.9. The summed E-state index contributed by atoms with van der Waals surface area (Å²) in [5.74, 6) is -7.81. The molecule has 1 aliphatic heterocycles. The van der Waals surface area contributed by atoms with Gasteiger partial charge < -0.3 is 16.0 Å². The Kier molecular flexibility index (Phi) is 6.02. The molecule has 3 aromatic heterocycles. The van der Waals surface area contributed by atoms with Crippen LogP contribution in [0.4, 0.5) is 22.4 Å². The molecule has 0 radical (unpaired) electrons. The van der Waals surface area contributed by atoms with Crippen molar-refractivity contribution in [3.63, 3.8) is 0 Å². The fraction of sp³-hybridized carbons (Fsp3) is 0.545. The summed E-state index contributed by atoms with van der Waals surface area (Å²) in [5.41, 5.74) is 6.49. The van der Waals surface area contributed by atoms with E-state index in [0.29, 0.717) is 16.9 Å². The molecule has 2 aliphatic rings. The van der Waals surface area contributed by atoms with Gasteiger partial charge in [-0.25, -0.2) is 36.5 Å². The molecule has 37 heavy (non-hydrogen) atoms. The summed E-state index contributed by atoms with van der Waals surface area (Å²) >= 11 is 0. The molecule has 1 aliphatic carbocycles. The second-order valence-electron chi connectivity index (χ2n) is 9.61. The van der Waals surface area contributed by atoms with Gasteiger partial charge in [-0.3, -0.25) is 4.79 Å². The van der Waals surface area contributed by atoms with Gasteiger partial charge in [0.1, 0.15) is 5.69 Å². The molecule has 1 saturated heterocycles. The van der Waals surface area contributed by atoms with Gasteiger partial charge >= 0.3 is 6.03 Å². The third kappa shape index (κ3) is 4.81. The summed E-state index contributed by atoms with van der Waals surface area (Å²) < 4.78 is 61.8. The molecule has 3 aromatic rings. The van der Waals surface area contributed by atoms with Gasteiger partial charge in [0.15, 0.2) is 11.3 Å². The van der Waals surface area contributed by atoms with Crippen LogP contribution in [0.3, 0.4) is 0 Å². The van der Waals surface area contributed by atoms with E-state index in [-0.39, 0.29) is 43.0 Å². The zero-order valence-electron chi connectivity index (χ0n) is 19.7. The average molecular weight is 524 g/mol. The standard InChI is InChI=1S/C22H24F4N8O3/c1-11(33-10-22(25,26)9-28-20(33)36)13-6-15-30-14(8-34(15)29-7-13)16(12-2-4-21(23,24)5-3-12)17-18(19(27)35)32-37-31-17/h6-8,11-12,16H,2-5,9-10H2,1H3,(H2,27,35)(H,28,36)/t11-,16+/m1/s1. The summed E-state index contributed by atoms with van der Waals surface area (Å²) in [6.07, 6.45) is 2.63. The fourth-order valence-electron chi connectivity index (χ4n) is 5.04. The molecule has 4 heterocycles. The number of urea groups is 1. The van der Waals surface area contributed by atoms with Gasteiger partial charge in [0.2, 0.25) is 5.92 Å². The number of carbonyl (C=O) groups excluding carboxylic acids is 2. The van der Waals surface area contributed by atoms with Crippen molar-refractivity contribution in [2.24, 2.45) is 11.7 Å². The van der Waals surface area contributed by atoms with E-state index >= 15 is 0 Å². The van der Waals surface area contributed by atoms with Gasteiger partial charge in [-0.05, 0) is 42.5 Å². The molecule has 0 unspecified atom stereocenters. The zero-order valence-corrected chi connectivity index (χ0v) is 19.7. The van der Waals surface area contributed by atoms with E-state index < -0.39 is 48.8 Å². The highest BCUT2D eigenvalue weighted by Gasteiger charge is 2.43.